The van der Waals surface area contributed by atoms with Gasteiger partial charge in [0.15, 0.2) is 4.67 Å². The maximum atomic E-state index is 13.1. The molecular weight excluding hydrogens is 303 g/mol. The highest BCUT2D eigenvalue weighted by molar-refractivity contribution is 9.10. The fourth-order valence-corrected chi connectivity index (χ4v) is 2.28. The van der Waals surface area contributed by atoms with Gasteiger partial charge in [-0.25, -0.2) is 4.39 Å². The van der Waals surface area contributed by atoms with E-state index >= 15 is 0 Å². The second kappa shape index (κ2) is 4.26. The van der Waals surface area contributed by atoms with Crippen LogP contribution in [-0.2, 0) is 0 Å². The van der Waals surface area contributed by atoms with Crippen molar-refractivity contribution in [2.45, 2.75) is 6.10 Å². The minimum Gasteiger partial charge on any atom is -0.458 e. The molecule has 0 saturated carbocycles. The summed E-state index contributed by atoms with van der Waals surface area (Å²) in [5.74, 6) is 0.00605. The molecule has 2 heterocycles. The third kappa shape index (κ3) is 1.85. The van der Waals surface area contributed by atoms with Crippen molar-refractivity contribution in [3.05, 3.63) is 58.4 Å². The van der Waals surface area contributed by atoms with E-state index in [-0.39, 0.29) is 5.82 Å². The minimum atomic E-state index is -0.950. The number of hydrogen-bond acceptors (Lipinski definition) is 3. The van der Waals surface area contributed by atoms with Gasteiger partial charge in [-0.2, -0.15) is 0 Å². The molecule has 3 rings (SSSR count). The third-order valence-corrected chi connectivity index (χ3v) is 3.35. The molecular formula is C13H8BrFO3. The first-order chi connectivity index (χ1) is 8.65. The summed E-state index contributed by atoms with van der Waals surface area (Å²) in [6.07, 6.45) is 0.513. The zero-order chi connectivity index (χ0) is 12.7. The highest BCUT2D eigenvalue weighted by Crippen LogP contribution is 2.32. The van der Waals surface area contributed by atoms with Gasteiger partial charge in [0, 0.05) is 10.9 Å². The van der Waals surface area contributed by atoms with E-state index in [9.17, 15) is 9.50 Å². The van der Waals surface area contributed by atoms with E-state index in [1.807, 2.05) is 0 Å². The Balaban J connectivity index is 2.07. The van der Waals surface area contributed by atoms with Crippen molar-refractivity contribution in [2.75, 3.05) is 0 Å². The van der Waals surface area contributed by atoms with Gasteiger partial charge >= 0.3 is 0 Å². The number of furan rings is 2. The van der Waals surface area contributed by atoms with Crippen molar-refractivity contribution < 1.29 is 18.3 Å². The van der Waals surface area contributed by atoms with Crippen LogP contribution in [-0.4, -0.2) is 5.11 Å². The molecule has 3 nitrogen and oxygen atoms in total. The lowest BCUT2D eigenvalue weighted by Gasteiger charge is -2.04. The maximum Gasteiger partial charge on any atom is 0.175 e. The SMILES string of the molecule is OC(c1cc2cc(F)ccc2o1)c1ccoc1Br. The van der Waals surface area contributed by atoms with Crippen LogP contribution >= 0.6 is 15.9 Å². The van der Waals surface area contributed by atoms with Crippen molar-refractivity contribution in [1.29, 1.82) is 0 Å². The number of hydrogen-bond donors (Lipinski definition) is 1. The first kappa shape index (κ1) is 11.5. The number of aliphatic hydroxyl groups is 1. The molecule has 0 bridgehead atoms. The van der Waals surface area contributed by atoms with Crippen molar-refractivity contribution in [2.24, 2.45) is 0 Å². The summed E-state index contributed by atoms with van der Waals surface area (Å²) in [5, 5.41) is 10.8. The standard InChI is InChI=1S/C13H8BrFO3/c14-13-9(3-4-17-13)12(16)11-6-7-5-8(15)1-2-10(7)18-11/h1-6,12,16H. The van der Waals surface area contributed by atoms with Crippen molar-refractivity contribution in [3.63, 3.8) is 0 Å². The van der Waals surface area contributed by atoms with E-state index in [1.165, 1.54) is 24.5 Å². The molecule has 2 aromatic heterocycles. The fourth-order valence-electron chi connectivity index (χ4n) is 1.82. The Labute approximate surface area is 110 Å². The molecule has 1 unspecified atom stereocenters. The zero-order valence-corrected chi connectivity index (χ0v) is 10.6. The second-order valence-corrected chi connectivity index (χ2v) is 4.60. The molecule has 5 heteroatoms. The first-order valence-corrected chi connectivity index (χ1v) is 6.04. The molecule has 0 aliphatic heterocycles. The summed E-state index contributed by atoms with van der Waals surface area (Å²) in [7, 11) is 0. The Morgan fingerprint density at radius 2 is 2.06 bits per heavy atom. The molecule has 0 aliphatic rings. The summed E-state index contributed by atoms with van der Waals surface area (Å²) in [6.45, 7) is 0. The lowest BCUT2D eigenvalue weighted by Crippen LogP contribution is -1.96. The van der Waals surface area contributed by atoms with Crippen LogP contribution in [0.1, 0.15) is 17.4 Å². The molecule has 3 aromatic rings. The van der Waals surface area contributed by atoms with Crippen LogP contribution in [0.15, 0.2) is 50.1 Å². The number of rotatable bonds is 2. The quantitative estimate of drug-likeness (QED) is 0.778. The topological polar surface area (TPSA) is 46.5 Å². The predicted molar refractivity (Wildman–Crippen MR) is 66.6 cm³/mol. The van der Waals surface area contributed by atoms with Crippen molar-refractivity contribution in [3.8, 4) is 0 Å². The molecule has 18 heavy (non-hydrogen) atoms. The highest BCUT2D eigenvalue weighted by atomic mass is 79.9. The van der Waals surface area contributed by atoms with Crippen LogP contribution in [0.2, 0.25) is 0 Å². The van der Waals surface area contributed by atoms with E-state index in [0.717, 1.165) is 0 Å². The highest BCUT2D eigenvalue weighted by Gasteiger charge is 2.20. The summed E-state index contributed by atoms with van der Waals surface area (Å²) in [6, 6.07) is 7.46. The largest absolute Gasteiger partial charge is 0.458 e. The number of benzene rings is 1. The van der Waals surface area contributed by atoms with Gasteiger partial charge < -0.3 is 13.9 Å². The average molecular weight is 311 g/mol. The van der Waals surface area contributed by atoms with Crippen LogP contribution < -0.4 is 0 Å². The Bertz CT molecular complexity index is 701. The van der Waals surface area contributed by atoms with Gasteiger partial charge in [0.2, 0.25) is 0 Å². The van der Waals surface area contributed by atoms with Gasteiger partial charge in [-0.15, -0.1) is 0 Å². The predicted octanol–water partition coefficient (Wildman–Crippen LogP) is 4.01. The second-order valence-electron chi connectivity index (χ2n) is 3.88. The third-order valence-electron chi connectivity index (χ3n) is 2.71. The lowest BCUT2D eigenvalue weighted by molar-refractivity contribution is 0.190. The summed E-state index contributed by atoms with van der Waals surface area (Å²) in [4.78, 5) is 0. The molecule has 0 saturated heterocycles. The van der Waals surface area contributed by atoms with E-state index in [1.54, 1.807) is 12.1 Å². The summed E-state index contributed by atoms with van der Waals surface area (Å²) < 4.78 is 24.0. The van der Waals surface area contributed by atoms with Crippen LogP contribution in [0.5, 0.6) is 0 Å². The number of fused-ring (bicyclic) bond motifs is 1. The Kier molecular flexibility index (Phi) is 2.72. The molecule has 0 aliphatic carbocycles. The first-order valence-electron chi connectivity index (χ1n) is 5.25. The van der Waals surface area contributed by atoms with Crippen LogP contribution in [0.25, 0.3) is 11.0 Å². The molecule has 0 spiro atoms. The van der Waals surface area contributed by atoms with Gasteiger partial charge in [-0.1, -0.05) is 0 Å². The normalized spacial score (nSPS) is 13.1. The molecule has 0 radical (unpaired) electrons. The van der Waals surface area contributed by atoms with Crippen LogP contribution in [0.3, 0.4) is 0 Å². The molecule has 0 fully saturated rings. The molecule has 92 valence electrons. The van der Waals surface area contributed by atoms with Gasteiger partial charge in [-0.3, -0.25) is 0 Å². The lowest BCUT2D eigenvalue weighted by atomic mass is 10.1. The van der Waals surface area contributed by atoms with Crippen LogP contribution in [0, 0.1) is 5.82 Å². The molecule has 1 aromatic carbocycles. The van der Waals surface area contributed by atoms with E-state index in [0.29, 0.717) is 27.0 Å². The molecule has 0 amide bonds. The van der Waals surface area contributed by atoms with Gasteiger partial charge in [0.25, 0.3) is 0 Å². The zero-order valence-electron chi connectivity index (χ0n) is 9.06. The van der Waals surface area contributed by atoms with Gasteiger partial charge in [0.05, 0.1) is 6.26 Å². The average Bonchev–Trinajstić information content (AvgIpc) is 2.93. The van der Waals surface area contributed by atoms with E-state index in [4.69, 9.17) is 8.83 Å². The Morgan fingerprint density at radius 3 is 2.78 bits per heavy atom. The smallest absolute Gasteiger partial charge is 0.175 e. The fraction of sp³-hybridized carbons (Fsp3) is 0.0769. The Hall–Kier alpha value is -1.59. The summed E-state index contributed by atoms with van der Waals surface area (Å²) in [5.41, 5.74) is 1.10. The monoisotopic (exact) mass is 310 g/mol. The molecule has 1 atom stereocenters. The van der Waals surface area contributed by atoms with Crippen LogP contribution in [0.4, 0.5) is 4.39 Å². The van der Waals surface area contributed by atoms with E-state index in [2.05, 4.69) is 15.9 Å². The maximum absolute atomic E-state index is 13.1. The number of aliphatic hydroxyl groups excluding tert-OH is 1. The summed E-state index contributed by atoms with van der Waals surface area (Å²) >= 11 is 3.19. The minimum absolute atomic E-state index is 0.339. The van der Waals surface area contributed by atoms with Gasteiger partial charge in [-0.05, 0) is 46.3 Å². The van der Waals surface area contributed by atoms with Gasteiger partial charge in [0.1, 0.15) is 23.3 Å². The molecule has 1 N–H and O–H groups in total. The van der Waals surface area contributed by atoms with E-state index < -0.39 is 6.10 Å². The van der Waals surface area contributed by atoms with Crippen molar-refractivity contribution in [1.82, 2.24) is 0 Å². The van der Waals surface area contributed by atoms with Crippen molar-refractivity contribution >= 4 is 26.9 Å². The Morgan fingerprint density at radius 1 is 1.22 bits per heavy atom. The number of halogens is 2.